The van der Waals surface area contributed by atoms with Crippen LogP contribution in [0.25, 0.3) is 0 Å². The lowest BCUT2D eigenvalue weighted by atomic mass is 10.0. The summed E-state index contributed by atoms with van der Waals surface area (Å²) in [7, 11) is 1.77. The molecule has 2 heteroatoms. The predicted molar refractivity (Wildman–Crippen MR) is 58.0 cm³/mol. The lowest BCUT2D eigenvalue weighted by molar-refractivity contribution is 0.0996. The van der Waals surface area contributed by atoms with Gasteiger partial charge in [0.15, 0.2) is 0 Å². The van der Waals surface area contributed by atoms with E-state index in [4.69, 9.17) is 4.74 Å². The van der Waals surface area contributed by atoms with Crippen molar-refractivity contribution < 1.29 is 4.74 Å². The number of methoxy groups -OCH3 is 1. The molecule has 0 aliphatic carbocycles. The van der Waals surface area contributed by atoms with Gasteiger partial charge in [0.05, 0.1) is 6.10 Å². The van der Waals surface area contributed by atoms with Gasteiger partial charge in [-0.1, -0.05) is 13.0 Å². The van der Waals surface area contributed by atoms with Crippen molar-refractivity contribution in [2.45, 2.75) is 45.3 Å². The second kappa shape index (κ2) is 8.27. The number of nitrogens with one attached hydrogen (secondary N) is 1. The Hall–Kier alpha value is -0.340. The first kappa shape index (κ1) is 12.7. The molecule has 1 N–H and O–H groups in total. The molecule has 0 bridgehead atoms. The molecule has 13 heavy (non-hydrogen) atoms. The molecular formula is C11H23NO. The highest BCUT2D eigenvalue weighted by molar-refractivity contribution is 4.75. The van der Waals surface area contributed by atoms with Crippen molar-refractivity contribution in [3.05, 3.63) is 12.7 Å². The number of hydrogen-bond acceptors (Lipinski definition) is 2. The van der Waals surface area contributed by atoms with E-state index in [1.54, 1.807) is 7.11 Å². The van der Waals surface area contributed by atoms with Crippen molar-refractivity contribution in [1.29, 1.82) is 0 Å². The Morgan fingerprint density at radius 2 is 2.23 bits per heavy atom. The van der Waals surface area contributed by atoms with Crippen LogP contribution in [0.3, 0.4) is 0 Å². The monoisotopic (exact) mass is 185 g/mol. The Kier molecular flexibility index (Phi) is 8.05. The van der Waals surface area contributed by atoms with Crippen LogP contribution in [0.1, 0.15) is 33.1 Å². The molecule has 0 aliphatic heterocycles. The van der Waals surface area contributed by atoms with Gasteiger partial charge >= 0.3 is 0 Å². The molecule has 2 unspecified atom stereocenters. The van der Waals surface area contributed by atoms with Gasteiger partial charge in [0, 0.05) is 13.2 Å². The quantitative estimate of drug-likeness (QED) is 0.586. The van der Waals surface area contributed by atoms with Crippen LogP contribution in [0.4, 0.5) is 0 Å². The molecule has 0 aromatic carbocycles. The summed E-state index contributed by atoms with van der Waals surface area (Å²) < 4.78 is 5.24. The minimum atomic E-state index is 0.342. The smallest absolute Gasteiger partial charge is 0.0558 e. The average Bonchev–Trinajstić information content (AvgIpc) is 2.14. The molecule has 2 atom stereocenters. The molecular weight excluding hydrogens is 162 g/mol. The Labute approximate surface area is 82.4 Å². The molecule has 0 saturated carbocycles. The molecule has 0 aromatic rings. The van der Waals surface area contributed by atoms with Crippen molar-refractivity contribution >= 4 is 0 Å². The van der Waals surface area contributed by atoms with Gasteiger partial charge in [0.1, 0.15) is 0 Å². The fourth-order valence-electron chi connectivity index (χ4n) is 1.41. The third kappa shape index (κ3) is 6.79. The second-order valence-electron chi connectivity index (χ2n) is 3.40. The average molecular weight is 185 g/mol. The SMILES string of the molecule is C=CCCC(CC(C)OC)NCC. The summed E-state index contributed by atoms with van der Waals surface area (Å²) in [6.45, 7) is 9.01. The molecule has 0 fully saturated rings. The lowest BCUT2D eigenvalue weighted by Crippen LogP contribution is -2.32. The van der Waals surface area contributed by atoms with Crippen LogP contribution in [0, 0.1) is 0 Å². The number of hydrogen-bond donors (Lipinski definition) is 1. The van der Waals surface area contributed by atoms with Crippen molar-refractivity contribution in [2.24, 2.45) is 0 Å². The highest BCUT2D eigenvalue weighted by atomic mass is 16.5. The minimum absolute atomic E-state index is 0.342. The molecule has 78 valence electrons. The first-order valence-electron chi connectivity index (χ1n) is 5.11. The molecule has 0 aromatic heterocycles. The van der Waals surface area contributed by atoms with Crippen LogP contribution < -0.4 is 5.32 Å². The van der Waals surface area contributed by atoms with E-state index < -0.39 is 0 Å². The zero-order valence-electron chi connectivity index (χ0n) is 9.18. The van der Waals surface area contributed by atoms with Crippen molar-refractivity contribution in [3.8, 4) is 0 Å². The fraction of sp³-hybridized carbons (Fsp3) is 0.818. The fourth-order valence-corrected chi connectivity index (χ4v) is 1.41. The normalized spacial score (nSPS) is 15.3. The van der Waals surface area contributed by atoms with Crippen molar-refractivity contribution in [3.63, 3.8) is 0 Å². The second-order valence-corrected chi connectivity index (χ2v) is 3.40. The molecule has 2 nitrogen and oxygen atoms in total. The summed E-state index contributed by atoms with van der Waals surface area (Å²) in [6, 6.07) is 0.568. The summed E-state index contributed by atoms with van der Waals surface area (Å²) in [4.78, 5) is 0. The summed E-state index contributed by atoms with van der Waals surface area (Å²) >= 11 is 0. The topological polar surface area (TPSA) is 21.3 Å². The summed E-state index contributed by atoms with van der Waals surface area (Å²) in [5, 5.41) is 3.45. The summed E-state index contributed by atoms with van der Waals surface area (Å²) in [6.07, 6.45) is 5.63. The lowest BCUT2D eigenvalue weighted by Gasteiger charge is -2.20. The van der Waals surface area contributed by atoms with Crippen LogP contribution >= 0.6 is 0 Å². The van der Waals surface area contributed by atoms with E-state index in [1.165, 1.54) is 0 Å². The Bertz CT molecular complexity index is 125. The zero-order valence-corrected chi connectivity index (χ0v) is 9.18. The van der Waals surface area contributed by atoms with E-state index >= 15 is 0 Å². The first-order chi connectivity index (χ1) is 6.24. The summed E-state index contributed by atoms with van der Waals surface area (Å²) in [5.41, 5.74) is 0. The highest BCUT2D eigenvalue weighted by Gasteiger charge is 2.10. The zero-order chi connectivity index (χ0) is 10.1. The summed E-state index contributed by atoms with van der Waals surface area (Å²) in [5.74, 6) is 0. The van der Waals surface area contributed by atoms with Gasteiger partial charge < -0.3 is 10.1 Å². The first-order valence-corrected chi connectivity index (χ1v) is 5.11. The van der Waals surface area contributed by atoms with Crippen molar-refractivity contribution in [2.75, 3.05) is 13.7 Å². The molecule has 0 radical (unpaired) electrons. The third-order valence-electron chi connectivity index (χ3n) is 2.23. The maximum Gasteiger partial charge on any atom is 0.0558 e. The van der Waals surface area contributed by atoms with Crippen LogP contribution in [0.15, 0.2) is 12.7 Å². The molecule has 0 spiro atoms. The maximum absolute atomic E-state index is 5.24. The van der Waals surface area contributed by atoms with Gasteiger partial charge in [-0.05, 0) is 32.7 Å². The van der Waals surface area contributed by atoms with E-state index in [2.05, 4.69) is 25.7 Å². The van der Waals surface area contributed by atoms with Gasteiger partial charge in [-0.3, -0.25) is 0 Å². The van der Waals surface area contributed by atoms with Gasteiger partial charge in [-0.25, -0.2) is 0 Å². The predicted octanol–water partition coefficient (Wildman–Crippen LogP) is 2.36. The van der Waals surface area contributed by atoms with E-state index in [9.17, 15) is 0 Å². The van der Waals surface area contributed by atoms with Crippen molar-refractivity contribution in [1.82, 2.24) is 5.32 Å². The van der Waals surface area contributed by atoms with Crippen LogP contribution in [-0.2, 0) is 4.74 Å². The van der Waals surface area contributed by atoms with Gasteiger partial charge in [-0.2, -0.15) is 0 Å². The van der Waals surface area contributed by atoms with E-state index in [1.807, 2.05) is 6.08 Å². The molecule has 0 heterocycles. The molecule has 0 aliphatic rings. The van der Waals surface area contributed by atoms with Crippen LogP contribution in [0.5, 0.6) is 0 Å². The largest absolute Gasteiger partial charge is 0.382 e. The molecule has 0 rings (SSSR count). The van der Waals surface area contributed by atoms with Gasteiger partial charge in [-0.15, -0.1) is 6.58 Å². The van der Waals surface area contributed by atoms with Gasteiger partial charge in [0.25, 0.3) is 0 Å². The van der Waals surface area contributed by atoms with E-state index in [0.29, 0.717) is 12.1 Å². The number of allylic oxidation sites excluding steroid dienone is 1. The van der Waals surface area contributed by atoms with Crippen LogP contribution in [-0.4, -0.2) is 25.8 Å². The van der Waals surface area contributed by atoms with Crippen LogP contribution in [0.2, 0.25) is 0 Å². The van der Waals surface area contributed by atoms with E-state index in [0.717, 1.165) is 25.8 Å². The Balaban J connectivity index is 3.71. The Morgan fingerprint density at radius 1 is 1.54 bits per heavy atom. The number of ether oxygens (including phenoxy) is 1. The van der Waals surface area contributed by atoms with Gasteiger partial charge in [0.2, 0.25) is 0 Å². The standard InChI is InChI=1S/C11H23NO/c1-5-7-8-11(12-6-2)9-10(3)13-4/h5,10-12H,1,6-9H2,2-4H3. The molecule has 0 amide bonds. The minimum Gasteiger partial charge on any atom is -0.382 e. The Morgan fingerprint density at radius 3 is 2.69 bits per heavy atom. The third-order valence-corrected chi connectivity index (χ3v) is 2.23. The van der Waals surface area contributed by atoms with E-state index in [-0.39, 0.29) is 0 Å². The molecule has 0 saturated heterocycles. The number of rotatable bonds is 8. The highest BCUT2D eigenvalue weighted by Crippen LogP contribution is 2.07. The maximum atomic E-state index is 5.24.